The Labute approximate surface area is 85.0 Å². The summed E-state index contributed by atoms with van der Waals surface area (Å²) in [7, 11) is 0. The van der Waals surface area contributed by atoms with Gasteiger partial charge in [0.25, 0.3) is 0 Å². The molecule has 14 heavy (non-hydrogen) atoms. The number of rotatable bonds is 2. The molecule has 0 aliphatic rings. The van der Waals surface area contributed by atoms with Crippen LogP contribution in [0, 0.1) is 0 Å². The maximum Gasteiger partial charge on any atom is 0.417 e. The molecule has 0 saturated carbocycles. The zero-order valence-corrected chi connectivity index (χ0v) is 7.99. The third-order valence-electron chi connectivity index (χ3n) is 1.72. The van der Waals surface area contributed by atoms with Crippen LogP contribution in [0.5, 0.6) is 0 Å². The van der Waals surface area contributed by atoms with E-state index in [0.717, 1.165) is 11.6 Å². The van der Waals surface area contributed by atoms with Gasteiger partial charge in [0, 0.05) is 0 Å². The highest BCUT2D eigenvalue weighted by Crippen LogP contribution is 2.34. The Hall–Kier alpha value is -0.960. The fourth-order valence-electron chi connectivity index (χ4n) is 1.08. The highest BCUT2D eigenvalue weighted by Gasteiger charge is 2.32. The van der Waals surface area contributed by atoms with E-state index >= 15 is 0 Å². The Morgan fingerprint density at radius 3 is 2.43 bits per heavy atom. The second kappa shape index (κ2) is 4.05. The third-order valence-corrected chi connectivity index (χ3v) is 2.03. The van der Waals surface area contributed by atoms with Crippen LogP contribution in [0.4, 0.5) is 13.2 Å². The number of allylic oxidation sites excluding steroid dienone is 1. The zero-order valence-electron chi connectivity index (χ0n) is 7.24. The Morgan fingerprint density at radius 2 is 2.00 bits per heavy atom. The fourth-order valence-corrected chi connectivity index (χ4v) is 1.39. The van der Waals surface area contributed by atoms with Crippen LogP contribution in [-0.2, 0) is 12.6 Å². The van der Waals surface area contributed by atoms with Crippen LogP contribution in [0.2, 0.25) is 5.02 Å². The fraction of sp³-hybridized carbons (Fsp3) is 0.200. The van der Waals surface area contributed by atoms with Crippen molar-refractivity contribution in [1.82, 2.24) is 0 Å². The first-order valence-electron chi connectivity index (χ1n) is 3.91. The van der Waals surface area contributed by atoms with E-state index in [1.807, 2.05) is 0 Å². The van der Waals surface area contributed by atoms with Crippen molar-refractivity contribution in [1.29, 1.82) is 0 Å². The predicted molar refractivity (Wildman–Crippen MR) is 50.4 cm³/mol. The lowest BCUT2D eigenvalue weighted by atomic mass is 10.1. The van der Waals surface area contributed by atoms with E-state index in [9.17, 15) is 13.2 Å². The Bertz CT molecular complexity index is 342. The number of hydrogen-bond donors (Lipinski definition) is 0. The molecule has 4 heteroatoms. The minimum Gasteiger partial charge on any atom is -0.166 e. The van der Waals surface area contributed by atoms with Crippen molar-refractivity contribution >= 4 is 11.6 Å². The van der Waals surface area contributed by atoms with Gasteiger partial charge in [-0.1, -0.05) is 23.7 Å². The van der Waals surface area contributed by atoms with Gasteiger partial charge in [-0.2, -0.15) is 13.2 Å². The van der Waals surface area contributed by atoms with Gasteiger partial charge in [0.2, 0.25) is 0 Å². The van der Waals surface area contributed by atoms with Crippen molar-refractivity contribution in [2.75, 3.05) is 0 Å². The summed E-state index contributed by atoms with van der Waals surface area (Å²) in [6, 6.07) is 3.70. The maximum atomic E-state index is 12.3. The van der Waals surface area contributed by atoms with Gasteiger partial charge in [0.05, 0.1) is 10.6 Å². The van der Waals surface area contributed by atoms with Crippen LogP contribution in [0.1, 0.15) is 11.1 Å². The number of halogens is 4. The van der Waals surface area contributed by atoms with E-state index in [4.69, 9.17) is 11.6 Å². The van der Waals surface area contributed by atoms with E-state index in [0.29, 0.717) is 6.42 Å². The summed E-state index contributed by atoms with van der Waals surface area (Å²) in [5.74, 6) is 0. The summed E-state index contributed by atoms with van der Waals surface area (Å²) >= 11 is 5.50. The molecule has 0 nitrogen and oxygen atoms in total. The molecule has 0 aromatic heterocycles. The van der Waals surface area contributed by atoms with E-state index in [1.54, 1.807) is 6.08 Å². The van der Waals surface area contributed by atoms with E-state index in [-0.39, 0.29) is 5.02 Å². The first kappa shape index (κ1) is 11.1. The zero-order chi connectivity index (χ0) is 10.8. The number of hydrogen-bond acceptors (Lipinski definition) is 0. The SMILES string of the molecule is C=CCc1ccc(C(F)(F)F)c(Cl)c1. The van der Waals surface area contributed by atoms with Gasteiger partial charge < -0.3 is 0 Å². The number of alkyl halides is 3. The lowest BCUT2D eigenvalue weighted by molar-refractivity contribution is -0.137. The number of benzene rings is 1. The molecule has 1 aromatic rings. The van der Waals surface area contributed by atoms with E-state index in [2.05, 4.69) is 6.58 Å². The topological polar surface area (TPSA) is 0 Å². The monoisotopic (exact) mass is 220 g/mol. The van der Waals surface area contributed by atoms with Gasteiger partial charge in [0.1, 0.15) is 0 Å². The van der Waals surface area contributed by atoms with Crippen molar-refractivity contribution in [2.45, 2.75) is 12.6 Å². The predicted octanol–water partition coefficient (Wildman–Crippen LogP) is 4.09. The van der Waals surface area contributed by atoms with Gasteiger partial charge in [-0.25, -0.2) is 0 Å². The molecule has 0 bridgehead atoms. The molecule has 0 spiro atoms. The van der Waals surface area contributed by atoms with Crippen molar-refractivity contribution in [2.24, 2.45) is 0 Å². The summed E-state index contributed by atoms with van der Waals surface area (Å²) in [5.41, 5.74) is -0.0787. The molecule has 0 aliphatic carbocycles. The summed E-state index contributed by atoms with van der Waals surface area (Å²) in [6.07, 6.45) is -2.26. The van der Waals surface area contributed by atoms with Gasteiger partial charge in [-0.05, 0) is 24.1 Å². The molecule has 0 saturated heterocycles. The Morgan fingerprint density at radius 1 is 1.36 bits per heavy atom. The standard InChI is InChI=1S/C10H8ClF3/c1-2-3-7-4-5-8(9(11)6-7)10(12,13)14/h2,4-6H,1,3H2. The van der Waals surface area contributed by atoms with Gasteiger partial charge in [0.15, 0.2) is 0 Å². The summed E-state index contributed by atoms with van der Waals surface area (Å²) < 4.78 is 36.8. The van der Waals surface area contributed by atoms with Crippen LogP contribution in [-0.4, -0.2) is 0 Å². The van der Waals surface area contributed by atoms with Crippen LogP contribution in [0.25, 0.3) is 0 Å². The Kier molecular flexibility index (Phi) is 3.21. The summed E-state index contributed by atoms with van der Waals surface area (Å²) in [5, 5.41) is -0.267. The summed E-state index contributed by atoms with van der Waals surface area (Å²) in [4.78, 5) is 0. The quantitative estimate of drug-likeness (QED) is 0.659. The molecule has 0 radical (unpaired) electrons. The van der Waals surface area contributed by atoms with Gasteiger partial charge in [-0.3, -0.25) is 0 Å². The van der Waals surface area contributed by atoms with Crippen molar-refractivity contribution < 1.29 is 13.2 Å². The maximum absolute atomic E-state index is 12.3. The Balaban J connectivity index is 3.07. The van der Waals surface area contributed by atoms with Gasteiger partial charge in [-0.15, -0.1) is 6.58 Å². The molecule has 0 N–H and O–H groups in total. The highest BCUT2D eigenvalue weighted by atomic mass is 35.5. The highest BCUT2D eigenvalue weighted by molar-refractivity contribution is 6.31. The molecule has 0 atom stereocenters. The molecule has 0 unspecified atom stereocenters. The van der Waals surface area contributed by atoms with Crippen LogP contribution >= 0.6 is 11.6 Å². The van der Waals surface area contributed by atoms with E-state index < -0.39 is 11.7 Å². The van der Waals surface area contributed by atoms with Crippen LogP contribution in [0.15, 0.2) is 30.9 Å². The molecule has 0 aliphatic heterocycles. The lowest BCUT2D eigenvalue weighted by Crippen LogP contribution is -2.05. The normalized spacial score (nSPS) is 11.4. The van der Waals surface area contributed by atoms with Crippen LogP contribution < -0.4 is 0 Å². The van der Waals surface area contributed by atoms with Crippen molar-refractivity contribution in [3.05, 3.63) is 47.0 Å². The van der Waals surface area contributed by atoms with Crippen molar-refractivity contribution in [3.8, 4) is 0 Å². The molecular weight excluding hydrogens is 213 g/mol. The van der Waals surface area contributed by atoms with E-state index in [1.165, 1.54) is 12.1 Å². The first-order valence-corrected chi connectivity index (χ1v) is 4.29. The first-order chi connectivity index (χ1) is 6.45. The molecule has 76 valence electrons. The molecule has 0 fully saturated rings. The minimum absolute atomic E-state index is 0.267. The molecule has 0 amide bonds. The minimum atomic E-state index is -4.39. The molecule has 0 heterocycles. The summed E-state index contributed by atoms with van der Waals surface area (Å²) in [6.45, 7) is 3.49. The lowest BCUT2D eigenvalue weighted by Gasteiger charge is -2.09. The second-order valence-electron chi connectivity index (χ2n) is 2.80. The van der Waals surface area contributed by atoms with Crippen molar-refractivity contribution in [3.63, 3.8) is 0 Å². The molecule has 1 rings (SSSR count). The van der Waals surface area contributed by atoms with Gasteiger partial charge >= 0.3 is 6.18 Å². The third kappa shape index (κ3) is 2.51. The average Bonchev–Trinajstić information content (AvgIpc) is 2.02. The smallest absolute Gasteiger partial charge is 0.166 e. The average molecular weight is 221 g/mol. The largest absolute Gasteiger partial charge is 0.417 e. The second-order valence-corrected chi connectivity index (χ2v) is 3.21. The molecule has 1 aromatic carbocycles. The van der Waals surface area contributed by atoms with Crippen LogP contribution in [0.3, 0.4) is 0 Å². The molecular formula is C10H8ClF3.